The minimum absolute atomic E-state index is 0.315. The van der Waals surface area contributed by atoms with Gasteiger partial charge in [-0.15, -0.1) is 0 Å². The van der Waals surface area contributed by atoms with Crippen LogP contribution < -0.4 is 5.32 Å². The molecule has 1 fully saturated rings. The molecule has 1 aliphatic rings. The van der Waals surface area contributed by atoms with Gasteiger partial charge in [0.1, 0.15) is 5.71 Å². The number of furan rings is 1. The fourth-order valence-electron chi connectivity index (χ4n) is 2.95. The molecule has 138 valence electrons. The fraction of sp³-hybridized carbons (Fsp3) is 0.238. The number of aromatic nitrogens is 1. The molecule has 6 heteroatoms. The zero-order valence-electron chi connectivity index (χ0n) is 14.9. The third kappa shape index (κ3) is 4.07. The predicted molar refractivity (Wildman–Crippen MR) is 102 cm³/mol. The Morgan fingerprint density at radius 1 is 1.04 bits per heavy atom. The van der Waals surface area contributed by atoms with Gasteiger partial charge in [-0.05, 0) is 42.3 Å². The lowest BCUT2D eigenvalue weighted by Gasteiger charge is -2.21. The average molecular weight is 363 g/mol. The summed E-state index contributed by atoms with van der Waals surface area (Å²) in [7, 11) is 0. The summed E-state index contributed by atoms with van der Waals surface area (Å²) >= 11 is 0. The van der Waals surface area contributed by atoms with Gasteiger partial charge in [0, 0.05) is 30.2 Å². The topological polar surface area (TPSA) is 80.4 Å². The van der Waals surface area contributed by atoms with Crippen molar-refractivity contribution in [2.24, 2.45) is 0 Å². The molecule has 0 atom stereocenters. The molecule has 0 bridgehead atoms. The van der Waals surface area contributed by atoms with Crippen molar-refractivity contribution >= 4 is 11.4 Å². The standard InChI is InChI=1S/C21H21N3O3/c22-20(18-6-7-19(27-18)21-25-12-3-13-26-21)16-4-1-2-5-17(16)24-14-15-8-10-23-11-9-15/h1-2,4-11,21-22,24H,3,12-14H2. The highest BCUT2D eigenvalue weighted by Crippen LogP contribution is 2.27. The highest BCUT2D eigenvalue weighted by Gasteiger charge is 2.22. The Labute approximate surface area is 157 Å². The van der Waals surface area contributed by atoms with Crippen LogP contribution in [0.25, 0.3) is 0 Å². The van der Waals surface area contributed by atoms with Crippen molar-refractivity contribution in [3.8, 4) is 0 Å². The van der Waals surface area contributed by atoms with Crippen molar-refractivity contribution in [2.45, 2.75) is 19.3 Å². The maximum Gasteiger partial charge on any atom is 0.217 e. The van der Waals surface area contributed by atoms with Crippen molar-refractivity contribution in [3.05, 3.63) is 83.6 Å². The first kappa shape index (κ1) is 17.5. The van der Waals surface area contributed by atoms with Crippen LogP contribution in [0.2, 0.25) is 0 Å². The van der Waals surface area contributed by atoms with Crippen molar-refractivity contribution in [1.82, 2.24) is 4.98 Å². The molecule has 0 unspecified atom stereocenters. The zero-order valence-corrected chi connectivity index (χ0v) is 14.9. The predicted octanol–water partition coefficient (Wildman–Crippen LogP) is 4.14. The summed E-state index contributed by atoms with van der Waals surface area (Å²) in [5.41, 5.74) is 3.09. The van der Waals surface area contributed by atoms with Crippen LogP contribution >= 0.6 is 0 Å². The summed E-state index contributed by atoms with van der Waals surface area (Å²) in [5, 5.41) is 12.0. The molecule has 1 aromatic carbocycles. The second kappa shape index (κ2) is 8.16. The molecule has 0 amide bonds. The third-order valence-electron chi connectivity index (χ3n) is 4.36. The number of nitrogens with zero attached hydrogens (tertiary/aromatic N) is 1. The largest absolute Gasteiger partial charge is 0.454 e. The van der Waals surface area contributed by atoms with Crippen LogP contribution in [-0.2, 0) is 16.0 Å². The number of ether oxygens (including phenoxy) is 2. The maximum atomic E-state index is 8.60. The van der Waals surface area contributed by atoms with E-state index in [2.05, 4.69) is 10.3 Å². The van der Waals surface area contributed by atoms with Crippen LogP contribution in [0.1, 0.15) is 35.4 Å². The summed E-state index contributed by atoms with van der Waals surface area (Å²) < 4.78 is 17.0. The van der Waals surface area contributed by atoms with Crippen LogP contribution in [0.4, 0.5) is 5.69 Å². The van der Waals surface area contributed by atoms with E-state index in [1.165, 1.54) is 0 Å². The van der Waals surface area contributed by atoms with E-state index in [1.807, 2.05) is 42.5 Å². The average Bonchev–Trinajstić information content (AvgIpc) is 3.24. The molecular weight excluding hydrogens is 342 g/mol. The number of pyridine rings is 1. The minimum Gasteiger partial charge on any atom is -0.454 e. The van der Waals surface area contributed by atoms with Gasteiger partial charge in [0.2, 0.25) is 6.29 Å². The number of rotatable bonds is 6. The van der Waals surface area contributed by atoms with E-state index < -0.39 is 6.29 Å². The summed E-state index contributed by atoms with van der Waals surface area (Å²) in [6, 6.07) is 15.3. The van der Waals surface area contributed by atoms with E-state index >= 15 is 0 Å². The van der Waals surface area contributed by atoms with Crippen molar-refractivity contribution in [1.29, 1.82) is 5.41 Å². The molecule has 6 nitrogen and oxygen atoms in total. The lowest BCUT2D eigenvalue weighted by molar-refractivity contribution is -0.191. The number of para-hydroxylation sites is 1. The van der Waals surface area contributed by atoms with Crippen LogP contribution in [0.5, 0.6) is 0 Å². The van der Waals surface area contributed by atoms with Gasteiger partial charge in [-0.25, -0.2) is 0 Å². The van der Waals surface area contributed by atoms with Gasteiger partial charge in [0.25, 0.3) is 0 Å². The Bertz CT molecular complexity index is 902. The van der Waals surface area contributed by atoms with E-state index in [0.29, 0.717) is 37.0 Å². The lowest BCUT2D eigenvalue weighted by atomic mass is 10.1. The molecule has 1 saturated heterocycles. The molecule has 3 aromatic rings. The molecule has 27 heavy (non-hydrogen) atoms. The first-order valence-electron chi connectivity index (χ1n) is 8.95. The normalized spacial score (nSPS) is 14.8. The smallest absolute Gasteiger partial charge is 0.217 e. The molecule has 4 rings (SSSR count). The van der Waals surface area contributed by atoms with Gasteiger partial charge in [0.05, 0.1) is 13.2 Å². The SMILES string of the molecule is N=C(c1ccc(C2OCCCO2)o1)c1ccccc1NCc1ccncc1. The Hall–Kier alpha value is -2.96. The first-order chi connectivity index (χ1) is 13.3. The van der Waals surface area contributed by atoms with E-state index in [0.717, 1.165) is 23.2 Å². The Morgan fingerprint density at radius 2 is 1.81 bits per heavy atom. The Balaban J connectivity index is 1.51. The highest BCUT2D eigenvalue weighted by molar-refractivity contribution is 6.12. The van der Waals surface area contributed by atoms with Gasteiger partial charge in [-0.2, -0.15) is 0 Å². The van der Waals surface area contributed by atoms with Gasteiger partial charge < -0.3 is 19.2 Å². The molecule has 0 radical (unpaired) electrons. The van der Waals surface area contributed by atoms with Crippen LogP contribution in [0, 0.1) is 5.41 Å². The number of benzene rings is 1. The first-order valence-corrected chi connectivity index (χ1v) is 8.95. The quantitative estimate of drug-likeness (QED) is 0.644. The van der Waals surface area contributed by atoms with E-state index in [1.54, 1.807) is 18.5 Å². The summed E-state index contributed by atoms with van der Waals surface area (Å²) in [4.78, 5) is 4.03. The van der Waals surface area contributed by atoms with Gasteiger partial charge in [0.15, 0.2) is 11.5 Å². The fourth-order valence-corrected chi connectivity index (χ4v) is 2.95. The molecular formula is C21H21N3O3. The van der Waals surface area contributed by atoms with Gasteiger partial charge in [-0.3, -0.25) is 10.4 Å². The monoisotopic (exact) mass is 363 g/mol. The van der Waals surface area contributed by atoms with Crippen LogP contribution in [0.3, 0.4) is 0 Å². The second-order valence-corrected chi connectivity index (χ2v) is 6.26. The molecule has 0 spiro atoms. The van der Waals surface area contributed by atoms with Crippen LogP contribution in [0.15, 0.2) is 65.3 Å². The van der Waals surface area contributed by atoms with Crippen molar-refractivity contribution in [2.75, 3.05) is 18.5 Å². The van der Waals surface area contributed by atoms with Gasteiger partial charge >= 0.3 is 0 Å². The summed E-state index contributed by atoms with van der Waals surface area (Å²) in [5.74, 6) is 1.08. The van der Waals surface area contributed by atoms with Crippen LogP contribution in [-0.4, -0.2) is 23.9 Å². The third-order valence-corrected chi connectivity index (χ3v) is 4.36. The highest BCUT2D eigenvalue weighted by atomic mass is 16.7. The maximum absolute atomic E-state index is 8.60. The lowest BCUT2D eigenvalue weighted by Crippen LogP contribution is -2.17. The second-order valence-electron chi connectivity index (χ2n) is 6.26. The number of nitrogens with one attached hydrogen (secondary N) is 2. The van der Waals surface area contributed by atoms with E-state index in [-0.39, 0.29) is 0 Å². The molecule has 3 heterocycles. The number of anilines is 1. The Kier molecular flexibility index (Phi) is 5.27. The zero-order chi connectivity index (χ0) is 18.5. The van der Waals surface area contributed by atoms with E-state index in [9.17, 15) is 0 Å². The molecule has 0 saturated carbocycles. The summed E-state index contributed by atoms with van der Waals surface area (Å²) in [6.45, 7) is 1.96. The molecule has 2 N–H and O–H groups in total. The molecule has 1 aliphatic heterocycles. The molecule has 2 aromatic heterocycles. The Morgan fingerprint density at radius 3 is 2.63 bits per heavy atom. The van der Waals surface area contributed by atoms with E-state index in [4.69, 9.17) is 19.3 Å². The minimum atomic E-state index is -0.486. The van der Waals surface area contributed by atoms with Crippen molar-refractivity contribution in [3.63, 3.8) is 0 Å². The summed E-state index contributed by atoms with van der Waals surface area (Å²) in [6.07, 6.45) is 3.94. The molecule has 0 aliphatic carbocycles. The number of hydrogen-bond acceptors (Lipinski definition) is 6. The van der Waals surface area contributed by atoms with Crippen molar-refractivity contribution < 1.29 is 13.9 Å². The van der Waals surface area contributed by atoms with Gasteiger partial charge in [-0.1, -0.05) is 18.2 Å². The number of hydrogen-bond donors (Lipinski definition) is 2.